The van der Waals surface area contributed by atoms with Crippen molar-refractivity contribution in [3.05, 3.63) is 66.2 Å². The SMILES string of the molecule is CCCCCCOc1cccc(NC(=O)/C=C/c2ccccc2)c1. The summed E-state index contributed by atoms with van der Waals surface area (Å²) in [7, 11) is 0. The maximum absolute atomic E-state index is 12.0. The lowest BCUT2D eigenvalue weighted by Crippen LogP contribution is -2.08. The van der Waals surface area contributed by atoms with E-state index in [9.17, 15) is 4.79 Å². The van der Waals surface area contributed by atoms with Gasteiger partial charge in [0.15, 0.2) is 0 Å². The molecule has 1 amide bonds. The third-order valence-electron chi connectivity index (χ3n) is 3.59. The number of carbonyl (C=O) groups is 1. The first kappa shape index (κ1) is 17.8. The molecular weight excluding hydrogens is 298 g/mol. The van der Waals surface area contributed by atoms with E-state index < -0.39 is 0 Å². The zero-order chi connectivity index (χ0) is 17.0. The van der Waals surface area contributed by atoms with E-state index in [4.69, 9.17) is 4.74 Å². The second kappa shape index (κ2) is 10.3. The molecule has 2 aromatic carbocycles. The van der Waals surface area contributed by atoms with E-state index in [1.165, 1.54) is 25.3 Å². The van der Waals surface area contributed by atoms with E-state index in [2.05, 4.69) is 12.2 Å². The van der Waals surface area contributed by atoms with Crippen LogP contribution < -0.4 is 10.1 Å². The predicted molar refractivity (Wildman–Crippen MR) is 100 cm³/mol. The molecule has 0 atom stereocenters. The number of rotatable bonds is 9. The number of anilines is 1. The highest BCUT2D eigenvalue weighted by Gasteiger charge is 2.00. The summed E-state index contributed by atoms with van der Waals surface area (Å²) < 4.78 is 5.73. The van der Waals surface area contributed by atoms with Gasteiger partial charge in [-0.3, -0.25) is 4.79 Å². The Kier molecular flexibility index (Phi) is 7.61. The molecule has 0 saturated heterocycles. The summed E-state index contributed by atoms with van der Waals surface area (Å²) in [6, 6.07) is 17.3. The van der Waals surface area contributed by atoms with Crippen molar-refractivity contribution in [1.29, 1.82) is 0 Å². The Morgan fingerprint density at radius 1 is 1.04 bits per heavy atom. The molecule has 0 heterocycles. The Bertz CT molecular complexity index is 650. The fourth-order valence-electron chi connectivity index (χ4n) is 2.30. The summed E-state index contributed by atoms with van der Waals surface area (Å²) in [5.74, 6) is 0.635. The Hall–Kier alpha value is -2.55. The average molecular weight is 323 g/mol. The lowest BCUT2D eigenvalue weighted by molar-refractivity contribution is -0.111. The van der Waals surface area contributed by atoms with Gasteiger partial charge in [-0.05, 0) is 30.2 Å². The maximum Gasteiger partial charge on any atom is 0.248 e. The molecule has 24 heavy (non-hydrogen) atoms. The molecule has 0 aromatic heterocycles. The van der Waals surface area contributed by atoms with Crippen molar-refractivity contribution in [2.45, 2.75) is 32.6 Å². The number of ether oxygens (including phenoxy) is 1. The van der Waals surface area contributed by atoms with Crippen LogP contribution in [0.4, 0.5) is 5.69 Å². The summed E-state index contributed by atoms with van der Waals surface area (Å²) in [6.07, 6.45) is 8.05. The quantitative estimate of drug-likeness (QED) is 0.502. The van der Waals surface area contributed by atoms with Crippen LogP contribution in [0.3, 0.4) is 0 Å². The zero-order valence-electron chi connectivity index (χ0n) is 14.2. The van der Waals surface area contributed by atoms with E-state index in [1.54, 1.807) is 6.08 Å². The maximum atomic E-state index is 12.0. The molecule has 0 bridgehead atoms. The lowest BCUT2D eigenvalue weighted by Gasteiger charge is -2.08. The van der Waals surface area contributed by atoms with Gasteiger partial charge in [-0.25, -0.2) is 0 Å². The average Bonchev–Trinajstić information content (AvgIpc) is 2.61. The molecule has 2 rings (SSSR count). The van der Waals surface area contributed by atoms with Crippen LogP contribution in [0.5, 0.6) is 5.75 Å². The van der Waals surface area contributed by atoms with Crippen LogP contribution in [0.15, 0.2) is 60.7 Å². The smallest absolute Gasteiger partial charge is 0.248 e. The molecule has 0 aliphatic carbocycles. The highest BCUT2D eigenvalue weighted by atomic mass is 16.5. The molecule has 0 fully saturated rings. The van der Waals surface area contributed by atoms with Crippen molar-refractivity contribution < 1.29 is 9.53 Å². The minimum atomic E-state index is -0.154. The van der Waals surface area contributed by atoms with Gasteiger partial charge in [-0.2, -0.15) is 0 Å². The second-order valence-electron chi connectivity index (χ2n) is 5.67. The topological polar surface area (TPSA) is 38.3 Å². The molecule has 3 heteroatoms. The Morgan fingerprint density at radius 2 is 1.88 bits per heavy atom. The van der Waals surface area contributed by atoms with E-state index >= 15 is 0 Å². The normalized spacial score (nSPS) is 10.7. The summed E-state index contributed by atoms with van der Waals surface area (Å²) in [5.41, 5.74) is 1.74. The molecule has 126 valence electrons. The molecule has 0 saturated carbocycles. The van der Waals surface area contributed by atoms with E-state index in [-0.39, 0.29) is 5.91 Å². The summed E-state index contributed by atoms with van der Waals surface area (Å²) in [5, 5.41) is 2.86. The first-order valence-electron chi connectivity index (χ1n) is 8.55. The van der Waals surface area contributed by atoms with Gasteiger partial charge in [0, 0.05) is 17.8 Å². The highest BCUT2D eigenvalue weighted by molar-refractivity contribution is 6.02. The van der Waals surface area contributed by atoms with Gasteiger partial charge in [0.05, 0.1) is 6.61 Å². The number of hydrogen-bond donors (Lipinski definition) is 1. The molecular formula is C21H25NO2. The number of amides is 1. The van der Waals surface area contributed by atoms with Crippen LogP contribution >= 0.6 is 0 Å². The second-order valence-corrected chi connectivity index (χ2v) is 5.67. The van der Waals surface area contributed by atoms with Crippen LogP contribution in [0.2, 0.25) is 0 Å². The lowest BCUT2D eigenvalue weighted by atomic mass is 10.2. The third-order valence-corrected chi connectivity index (χ3v) is 3.59. The molecule has 0 aliphatic heterocycles. The summed E-state index contributed by atoms with van der Waals surface area (Å²) in [6.45, 7) is 2.91. The first-order valence-corrected chi connectivity index (χ1v) is 8.55. The first-order chi connectivity index (χ1) is 11.8. The van der Waals surface area contributed by atoms with Gasteiger partial charge in [-0.1, -0.05) is 62.6 Å². The van der Waals surface area contributed by atoms with Gasteiger partial charge >= 0.3 is 0 Å². The Labute approximate surface area is 144 Å². The molecule has 2 aromatic rings. The third kappa shape index (κ3) is 6.69. The molecule has 0 spiro atoms. The van der Waals surface area contributed by atoms with Gasteiger partial charge in [-0.15, -0.1) is 0 Å². The predicted octanol–water partition coefficient (Wildman–Crippen LogP) is 5.30. The minimum absolute atomic E-state index is 0.154. The van der Waals surface area contributed by atoms with Crippen molar-refractivity contribution in [3.8, 4) is 5.75 Å². The summed E-state index contributed by atoms with van der Waals surface area (Å²) in [4.78, 5) is 12.0. The van der Waals surface area contributed by atoms with E-state index in [0.717, 1.165) is 23.4 Å². The van der Waals surface area contributed by atoms with E-state index in [0.29, 0.717) is 6.61 Å². The van der Waals surface area contributed by atoms with Crippen molar-refractivity contribution in [2.24, 2.45) is 0 Å². The van der Waals surface area contributed by atoms with Crippen LogP contribution in [-0.4, -0.2) is 12.5 Å². The van der Waals surface area contributed by atoms with Gasteiger partial charge in [0.25, 0.3) is 0 Å². The Balaban J connectivity index is 1.82. The molecule has 0 unspecified atom stereocenters. The fraction of sp³-hybridized carbons (Fsp3) is 0.286. The Morgan fingerprint density at radius 3 is 2.67 bits per heavy atom. The van der Waals surface area contributed by atoms with Crippen LogP contribution in [0.1, 0.15) is 38.2 Å². The van der Waals surface area contributed by atoms with Crippen LogP contribution in [0.25, 0.3) is 6.08 Å². The monoisotopic (exact) mass is 323 g/mol. The molecule has 0 radical (unpaired) electrons. The van der Waals surface area contributed by atoms with Crippen LogP contribution in [-0.2, 0) is 4.79 Å². The number of carbonyl (C=O) groups excluding carboxylic acids is 1. The largest absolute Gasteiger partial charge is 0.494 e. The van der Waals surface area contributed by atoms with Gasteiger partial charge in [0.2, 0.25) is 5.91 Å². The standard InChI is InChI=1S/C21H25NO2/c1-2-3-4-8-16-24-20-13-9-12-19(17-20)22-21(23)15-14-18-10-6-5-7-11-18/h5-7,9-15,17H,2-4,8,16H2,1H3,(H,22,23)/b15-14+. The molecule has 1 N–H and O–H groups in total. The number of nitrogens with one attached hydrogen (secondary N) is 1. The molecule has 3 nitrogen and oxygen atoms in total. The zero-order valence-corrected chi connectivity index (χ0v) is 14.2. The van der Waals surface area contributed by atoms with Crippen LogP contribution in [0, 0.1) is 0 Å². The number of unbranched alkanes of at least 4 members (excludes halogenated alkanes) is 3. The van der Waals surface area contributed by atoms with E-state index in [1.807, 2.05) is 54.6 Å². The highest BCUT2D eigenvalue weighted by Crippen LogP contribution is 2.18. The molecule has 0 aliphatic rings. The van der Waals surface area contributed by atoms with Crippen molar-refractivity contribution in [3.63, 3.8) is 0 Å². The number of benzene rings is 2. The van der Waals surface area contributed by atoms with Crippen molar-refractivity contribution in [2.75, 3.05) is 11.9 Å². The summed E-state index contributed by atoms with van der Waals surface area (Å²) >= 11 is 0. The van der Waals surface area contributed by atoms with Crippen molar-refractivity contribution in [1.82, 2.24) is 0 Å². The van der Waals surface area contributed by atoms with Gasteiger partial charge in [0.1, 0.15) is 5.75 Å². The van der Waals surface area contributed by atoms with Gasteiger partial charge < -0.3 is 10.1 Å². The van der Waals surface area contributed by atoms with Crippen molar-refractivity contribution >= 4 is 17.7 Å². The minimum Gasteiger partial charge on any atom is -0.494 e. The number of hydrogen-bond acceptors (Lipinski definition) is 2. The fourth-order valence-corrected chi connectivity index (χ4v) is 2.30.